The average Bonchev–Trinajstić information content (AvgIpc) is 2.13. The van der Waals surface area contributed by atoms with Crippen LogP contribution in [-0.2, 0) is 0 Å². The van der Waals surface area contributed by atoms with Gasteiger partial charge in [-0.1, -0.05) is 17.7 Å². The Morgan fingerprint density at radius 1 is 1.46 bits per heavy atom. The minimum Gasteiger partial charge on any atom is -0.333 e. The molecule has 0 aliphatic carbocycles. The molecule has 0 aromatic heterocycles. The Bertz CT molecular complexity index is 302. The van der Waals surface area contributed by atoms with Gasteiger partial charge in [0.15, 0.2) is 0 Å². The van der Waals surface area contributed by atoms with Crippen molar-refractivity contribution in [1.82, 2.24) is 0 Å². The molecule has 0 saturated carbocycles. The van der Waals surface area contributed by atoms with E-state index >= 15 is 0 Å². The zero-order valence-electron chi connectivity index (χ0n) is 7.45. The maximum atomic E-state index is 10.2. The predicted molar refractivity (Wildman–Crippen MR) is 53.0 cm³/mol. The number of nitrogens with two attached hydrogens (primary N) is 1. The standard InChI is InChI=1S/C7H6ClNO2.CH5N/c1-5-2-3-6(9(10)11)4-7(5)8;1-2/h2-4H,1H3;2H2,1H3. The van der Waals surface area contributed by atoms with Crippen LogP contribution in [0.4, 0.5) is 5.69 Å². The summed E-state index contributed by atoms with van der Waals surface area (Å²) in [5.74, 6) is 0. The summed E-state index contributed by atoms with van der Waals surface area (Å²) in [4.78, 5) is 9.74. The molecule has 13 heavy (non-hydrogen) atoms. The van der Waals surface area contributed by atoms with E-state index in [1.165, 1.54) is 19.2 Å². The Morgan fingerprint density at radius 2 is 2.00 bits per heavy atom. The Morgan fingerprint density at radius 3 is 2.38 bits per heavy atom. The third-order valence-electron chi connectivity index (χ3n) is 1.37. The van der Waals surface area contributed by atoms with Crippen LogP contribution in [0.25, 0.3) is 0 Å². The number of nitrogens with zero attached hydrogens (tertiary/aromatic N) is 1. The van der Waals surface area contributed by atoms with Crippen molar-refractivity contribution in [3.8, 4) is 0 Å². The van der Waals surface area contributed by atoms with Crippen molar-refractivity contribution in [3.63, 3.8) is 0 Å². The van der Waals surface area contributed by atoms with Crippen molar-refractivity contribution >= 4 is 17.3 Å². The highest BCUT2D eigenvalue weighted by molar-refractivity contribution is 6.31. The van der Waals surface area contributed by atoms with Gasteiger partial charge in [0.2, 0.25) is 0 Å². The summed E-state index contributed by atoms with van der Waals surface area (Å²) in [5, 5.41) is 10.6. The predicted octanol–water partition coefficient (Wildman–Crippen LogP) is 2.13. The van der Waals surface area contributed by atoms with Crippen molar-refractivity contribution in [3.05, 3.63) is 38.9 Å². The summed E-state index contributed by atoms with van der Waals surface area (Å²) in [6.07, 6.45) is 0. The average molecular weight is 203 g/mol. The highest BCUT2D eigenvalue weighted by Gasteiger charge is 2.05. The van der Waals surface area contributed by atoms with Gasteiger partial charge >= 0.3 is 0 Å². The number of halogens is 1. The van der Waals surface area contributed by atoms with Crippen molar-refractivity contribution < 1.29 is 4.92 Å². The first kappa shape index (κ1) is 11.9. The lowest BCUT2D eigenvalue weighted by molar-refractivity contribution is -0.384. The van der Waals surface area contributed by atoms with E-state index in [1.807, 2.05) is 0 Å². The molecule has 5 heteroatoms. The molecule has 0 aliphatic rings. The largest absolute Gasteiger partial charge is 0.333 e. The summed E-state index contributed by atoms with van der Waals surface area (Å²) in [5.41, 5.74) is 5.37. The van der Waals surface area contributed by atoms with Gasteiger partial charge in [-0.15, -0.1) is 0 Å². The fourth-order valence-electron chi connectivity index (χ4n) is 0.695. The first-order valence-corrected chi connectivity index (χ1v) is 3.97. The van der Waals surface area contributed by atoms with Crippen molar-refractivity contribution in [2.75, 3.05) is 7.05 Å². The number of hydrogen-bond acceptors (Lipinski definition) is 3. The summed E-state index contributed by atoms with van der Waals surface area (Å²) in [6.45, 7) is 1.80. The Hall–Kier alpha value is -1.13. The van der Waals surface area contributed by atoms with Gasteiger partial charge in [-0.3, -0.25) is 10.1 Å². The van der Waals surface area contributed by atoms with Crippen molar-refractivity contribution in [2.24, 2.45) is 5.73 Å². The number of aryl methyl sites for hydroxylation is 1. The fourth-order valence-corrected chi connectivity index (χ4v) is 0.870. The number of rotatable bonds is 1. The van der Waals surface area contributed by atoms with Gasteiger partial charge in [0.1, 0.15) is 0 Å². The Balaban J connectivity index is 0.000000671. The second kappa shape index (κ2) is 5.50. The molecular weight excluding hydrogens is 192 g/mol. The second-order valence-electron chi connectivity index (χ2n) is 2.19. The first-order chi connectivity index (χ1) is 6.11. The van der Waals surface area contributed by atoms with Crippen molar-refractivity contribution in [1.29, 1.82) is 0 Å². The van der Waals surface area contributed by atoms with E-state index in [2.05, 4.69) is 5.73 Å². The van der Waals surface area contributed by atoms with Crippen LogP contribution in [0.2, 0.25) is 5.02 Å². The van der Waals surface area contributed by atoms with Gasteiger partial charge in [0.25, 0.3) is 5.69 Å². The molecule has 0 bridgehead atoms. The van der Waals surface area contributed by atoms with Crippen LogP contribution >= 0.6 is 11.6 Å². The van der Waals surface area contributed by atoms with E-state index in [-0.39, 0.29) is 5.69 Å². The highest BCUT2D eigenvalue weighted by Crippen LogP contribution is 2.20. The monoisotopic (exact) mass is 202 g/mol. The number of non-ortho nitro benzene ring substituents is 1. The number of benzene rings is 1. The third kappa shape index (κ3) is 3.40. The molecular formula is C8H11ClN2O2. The minimum absolute atomic E-state index is 0.0283. The molecule has 72 valence electrons. The quantitative estimate of drug-likeness (QED) is 0.560. The lowest BCUT2D eigenvalue weighted by atomic mass is 10.2. The van der Waals surface area contributed by atoms with E-state index < -0.39 is 4.92 Å². The van der Waals surface area contributed by atoms with E-state index in [9.17, 15) is 10.1 Å². The molecule has 0 amide bonds. The van der Waals surface area contributed by atoms with E-state index in [0.29, 0.717) is 5.02 Å². The van der Waals surface area contributed by atoms with Gasteiger partial charge in [-0.2, -0.15) is 0 Å². The van der Waals surface area contributed by atoms with Crippen LogP contribution in [-0.4, -0.2) is 12.0 Å². The molecule has 1 aromatic carbocycles. The molecule has 0 unspecified atom stereocenters. The summed E-state index contributed by atoms with van der Waals surface area (Å²) in [7, 11) is 1.50. The van der Waals surface area contributed by atoms with Crippen LogP contribution in [0.1, 0.15) is 5.56 Å². The van der Waals surface area contributed by atoms with Crippen LogP contribution in [0.15, 0.2) is 18.2 Å². The molecule has 0 heterocycles. The number of hydrogen-bond donors (Lipinski definition) is 1. The smallest absolute Gasteiger partial charge is 0.270 e. The molecule has 0 atom stereocenters. The molecule has 0 saturated heterocycles. The summed E-state index contributed by atoms with van der Waals surface area (Å²) >= 11 is 5.65. The van der Waals surface area contributed by atoms with E-state index in [1.54, 1.807) is 13.0 Å². The van der Waals surface area contributed by atoms with E-state index in [4.69, 9.17) is 11.6 Å². The van der Waals surface area contributed by atoms with Crippen LogP contribution in [0.5, 0.6) is 0 Å². The molecule has 0 fully saturated rings. The first-order valence-electron chi connectivity index (χ1n) is 3.59. The maximum absolute atomic E-state index is 10.2. The fraction of sp³-hybridized carbons (Fsp3) is 0.250. The van der Waals surface area contributed by atoms with Crippen molar-refractivity contribution in [2.45, 2.75) is 6.92 Å². The van der Waals surface area contributed by atoms with Crippen LogP contribution in [0, 0.1) is 17.0 Å². The zero-order valence-corrected chi connectivity index (χ0v) is 8.21. The normalized spacial score (nSPS) is 8.62. The molecule has 4 nitrogen and oxygen atoms in total. The maximum Gasteiger partial charge on any atom is 0.270 e. The second-order valence-corrected chi connectivity index (χ2v) is 2.60. The van der Waals surface area contributed by atoms with Gasteiger partial charge in [0, 0.05) is 12.1 Å². The Kier molecular flexibility index (Phi) is 5.03. The third-order valence-corrected chi connectivity index (χ3v) is 1.77. The number of nitro groups is 1. The summed E-state index contributed by atoms with van der Waals surface area (Å²) in [6, 6.07) is 4.40. The summed E-state index contributed by atoms with van der Waals surface area (Å²) < 4.78 is 0. The molecule has 0 aliphatic heterocycles. The number of nitro benzene ring substituents is 1. The molecule has 2 N–H and O–H groups in total. The lowest BCUT2D eigenvalue weighted by Crippen LogP contribution is -1.87. The van der Waals surface area contributed by atoms with Gasteiger partial charge in [-0.05, 0) is 19.5 Å². The molecule has 0 radical (unpaired) electrons. The zero-order chi connectivity index (χ0) is 10.4. The van der Waals surface area contributed by atoms with E-state index in [0.717, 1.165) is 5.56 Å². The van der Waals surface area contributed by atoms with Gasteiger partial charge in [-0.25, -0.2) is 0 Å². The molecule has 1 rings (SSSR count). The topological polar surface area (TPSA) is 69.2 Å². The molecule has 1 aromatic rings. The van der Waals surface area contributed by atoms with Gasteiger partial charge < -0.3 is 5.73 Å². The highest BCUT2D eigenvalue weighted by atomic mass is 35.5. The van der Waals surface area contributed by atoms with Crippen LogP contribution < -0.4 is 5.73 Å². The van der Waals surface area contributed by atoms with Crippen LogP contribution in [0.3, 0.4) is 0 Å². The lowest BCUT2D eigenvalue weighted by Gasteiger charge is -1.95. The molecule has 0 spiro atoms. The SMILES string of the molecule is CN.Cc1ccc([N+](=O)[O-])cc1Cl. The van der Waals surface area contributed by atoms with Gasteiger partial charge in [0.05, 0.1) is 9.95 Å². The Labute approximate surface area is 81.5 Å². The minimum atomic E-state index is -0.467.